The summed E-state index contributed by atoms with van der Waals surface area (Å²) in [6.45, 7) is 0. The third-order valence-electron chi connectivity index (χ3n) is 3.62. The first-order chi connectivity index (χ1) is 12.5. The average Bonchev–Trinajstić information content (AvgIpc) is 3.27. The third kappa shape index (κ3) is 4.42. The molecule has 10 heteroatoms. The van der Waals surface area contributed by atoms with E-state index >= 15 is 0 Å². The van der Waals surface area contributed by atoms with Gasteiger partial charge in [0.05, 0.1) is 22.0 Å². The fourth-order valence-corrected chi connectivity index (χ4v) is 3.27. The fraction of sp³-hybridized carbons (Fsp3) is 0.188. The van der Waals surface area contributed by atoms with Gasteiger partial charge in [-0.1, -0.05) is 12.1 Å². The maximum absolute atomic E-state index is 11.3. The van der Waals surface area contributed by atoms with Gasteiger partial charge in [0.15, 0.2) is 6.10 Å². The van der Waals surface area contributed by atoms with Crippen LogP contribution >= 0.6 is 11.3 Å². The Balaban J connectivity index is 1.76. The number of nitro groups is 1. The number of hydrogen-bond donors (Lipinski definition) is 2. The van der Waals surface area contributed by atoms with Crippen LogP contribution < -0.4 is 5.73 Å². The number of non-ortho nitro benzene ring substituents is 1. The van der Waals surface area contributed by atoms with Gasteiger partial charge in [-0.2, -0.15) is 0 Å². The molecule has 3 N–H and O–H groups in total. The summed E-state index contributed by atoms with van der Waals surface area (Å²) in [6, 6.07) is 6.05. The van der Waals surface area contributed by atoms with Gasteiger partial charge in [-0.15, -0.1) is 11.3 Å². The van der Waals surface area contributed by atoms with Crippen LogP contribution in [0.4, 0.5) is 10.5 Å². The van der Waals surface area contributed by atoms with Gasteiger partial charge in [0.2, 0.25) is 0 Å². The van der Waals surface area contributed by atoms with E-state index in [1.54, 1.807) is 24.7 Å². The summed E-state index contributed by atoms with van der Waals surface area (Å²) < 4.78 is 5.20. The van der Waals surface area contributed by atoms with Crippen LogP contribution in [0.15, 0.2) is 42.2 Å². The van der Waals surface area contributed by atoms with E-state index in [0.717, 1.165) is 16.3 Å². The highest BCUT2D eigenvalue weighted by Gasteiger charge is 2.20. The number of rotatable bonds is 7. The van der Waals surface area contributed by atoms with Crippen LogP contribution in [0.1, 0.15) is 28.1 Å². The van der Waals surface area contributed by atoms with Crippen LogP contribution in [-0.2, 0) is 17.6 Å². The lowest BCUT2D eigenvalue weighted by molar-refractivity contribution is -0.384. The molecule has 0 fully saturated rings. The standard InChI is InChI=1S/C16H15N5O4S/c17-16(22)25-14(5-10-1-3-12(4-2-10)21(23)24)13-8-26-15(20-13)6-11-7-18-9-19-11/h1-4,7-9,14H,5-6H2,(H2,17,22)(H,18,19). The number of hydrogen-bond acceptors (Lipinski definition) is 7. The maximum Gasteiger partial charge on any atom is 0.405 e. The normalized spacial score (nSPS) is 11.8. The summed E-state index contributed by atoms with van der Waals surface area (Å²) in [6.07, 6.45) is 2.65. The molecule has 0 aliphatic heterocycles. The molecule has 1 unspecified atom stereocenters. The number of nitro benzene ring substituents is 1. The van der Waals surface area contributed by atoms with E-state index in [4.69, 9.17) is 10.5 Å². The largest absolute Gasteiger partial charge is 0.439 e. The van der Waals surface area contributed by atoms with Crippen molar-refractivity contribution in [2.75, 3.05) is 0 Å². The van der Waals surface area contributed by atoms with Crippen molar-refractivity contribution in [2.45, 2.75) is 18.9 Å². The van der Waals surface area contributed by atoms with Crippen molar-refractivity contribution in [3.8, 4) is 0 Å². The Morgan fingerprint density at radius 2 is 2.15 bits per heavy atom. The minimum Gasteiger partial charge on any atom is -0.439 e. The van der Waals surface area contributed by atoms with Crippen molar-refractivity contribution in [3.63, 3.8) is 0 Å². The smallest absolute Gasteiger partial charge is 0.405 e. The predicted molar refractivity (Wildman–Crippen MR) is 93.7 cm³/mol. The molecule has 0 bridgehead atoms. The highest BCUT2D eigenvalue weighted by Crippen LogP contribution is 2.26. The number of aromatic amines is 1. The van der Waals surface area contributed by atoms with Crippen molar-refractivity contribution in [2.24, 2.45) is 5.73 Å². The number of H-pyrrole nitrogens is 1. The van der Waals surface area contributed by atoms with Crippen molar-refractivity contribution in [1.29, 1.82) is 0 Å². The van der Waals surface area contributed by atoms with Crippen LogP contribution in [0.2, 0.25) is 0 Å². The van der Waals surface area contributed by atoms with Crippen LogP contribution in [-0.4, -0.2) is 26.0 Å². The van der Waals surface area contributed by atoms with E-state index in [1.165, 1.54) is 23.5 Å². The van der Waals surface area contributed by atoms with Crippen molar-refractivity contribution >= 4 is 23.1 Å². The van der Waals surface area contributed by atoms with Crippen molar-refractivity contribution < 1.29 is 14.5 Å². The minimum absolute atomic E-state index is 0.00313. The first kappa shape index (κ1) is 17.5. The molecule has 2 aromatic heterocycles. The van der Waals surface area contributed by atoms with Gasteiger partial charge in [-0.25, -0.2) is 14.8 Å². The van der Waals surface area contributed by atoms with Crippen LogP contribution in [0.25, 0.3) is 0 Å². The molecule has 1 amide bonds. The average molecular weight is 373 g/mol. The summed E-state index contributed by atoms with van der Waals surface area (Å²) >= 11 is 1.44. The van der Waals surface area contributed by atoms with Crippen LogP contribution in [0, 0.1) is 10.1 Å². The number of nitrogens with one attached hydrogen (secondary N) is 1. The summed E-state index contributed by atoms with van der Waals surface area (Å²) in [5.41, 5.74) is 7.45. The van der Waals surface area contributed by atoms with E-state index in [1.807, 2.05) is 5.38 Å². The van der Waals surface area contributed by atoms with E-state index in [0.29, 0.717) is 18.5 Å². The SMILES string of the molecule is NC(=O)OC(Cc1ccc([N+](=O)[O-])cc1)c1csc(Cc2cnc[nH]2)n1. The van der Waals surface area contributed by atoms with Gasteiger partial charge in [0.25, 0.3) is 5.69 Å². The Morgan fingerprint density at radius 1 is 1.38 bits per heavy atom. The molecule has 0 aliphatic rings. The molecular formula is C16H15N5O4S. The molecule has 0 saturated heterocycles. The van der Waals surface area contributed by atoms with Gasteiger partial charge in [0, 0.05) is 42.2 Å². The van der Waals surface area contributed by atoms with E-state index in [2.05, 4.69) is 15.0 Å². The van der Waals surface area contributed by atoms with Crippen molar-refractivity contribution in [1.82, 2.24) is 15.0 Å². The van der Waals surface area contributed by atoms with Gasteiger partial charge in [-0.05, 0) is 5.56 Å². The number of carbonyl (C=O) groups is 1. The summed E-state index contributed by atoms with van der Waals surface area (Å²) in [5.74, 6) is 0. The number of nitrogens with two attached hydrogens (primary N) is 1. The Bertz CT molecular complexity index is 892. The number of aromatic nitrogens is 3. The first-order valence-corrected chi connectivity index (χ1v) is 8.50. The summed E-state index contributed by atoms with van der Waals surface area (Å²) in [4.78, 5) is 33.0. The quantitative estimate of drug-likeness (QED) is 0.482. The topological polar surface area (TPSA) is 137 Å². The van der Waals surface area contributed by atoms with Gasteiger partial charge in [0.1, 0.15) is 0 Å². The number of amides is 1. The first-order valence-electron chi connectivity index (χ1n) is 7.62. The molecule has 0 saturated carbocycles. The lowest BCUT2D eigenvalue weighted by atomic mass is 10.1. The highest BCUT2D eigenvalue weighted by molar-refractivity contribution is 7.09. The van der Waals surface area contributed by atoms with E-state index in [-0.39, 0.29) is 5.69 Å². The summed E-state index contributed by atoms with van der Waals surface area (Å²) in [7, 11) is 0. The number of primary amides is 1. The number of nitrogens with zero attached hydrogens (tertiary/aromatic N) is 3. The molecule has 1 atom stereocenters. The molecule has 2 heterocycles. The minimum atomic E-state index is -0.903. The molecule has 9 nitrogen and oxygen atoms in total. The molecule has 1 aromatic carbocycles. The lowest BCUT2D eigenvalue weighted by Crippen LogP contribution is -2.19. The molecular weight excluding hydrogens is 358 g/mol. The predicted octanol–water partition coefficient (Wildman–Crippen LogP) is 2.74. The molecule has 0 radical (unpaired) electrons. The van der Waals surface area contributed by atoms with Gasteiger partial charge < -0.3 is 15.5 Å². The monoisotopic (exact) mass is 373 g/mol. The fourth-order valence-electron chi connectivity index (χ4n) is 2.41. The molecule has 3 rings (SSSR count). The van der Waals surface area contributed by atoms with E-state index < -0.39 is 17.1 Å². The molecule has 134 valence electrons. The maximum atomic E-state index is 11.3. The Kier molecular flexibility index (Phi) is 5.23. The molecule has 0 aliphatic carbocycles. The van der Waals surface area contributed by atoms with Crippen LogP contribution in [0.5, 0.6) is 0 Å². The zero-order valence-corrected chi connectivity index (χ0v) is 14.3. The number of ether oxygens (including phenoxy) is 1. The molecule has 0 spiro atoms. The number of benzene rings is 1. The second-order valence-corrected chi connectivity index (χ2v) is 6.42. The second kappa shape index (κ2) is 7.74. The number of thiazole rings is 1. The Labute approximate surface area is 152 Å². The lowest BCUT2D eigenvalue weighted by Gasteiger charge is -2.14. The van der Waals surface area contributed by atoms with Gasteiger partial charge in [-0.3, -0.25) is 10.1 Å². The number of carbonyl (C=O) groups excluding carboxylic acids is 1. The van der Waals surface area contributed by atoms with Crippen molar-refractivity contribution in [3.05, 3.63) is 74.2 Å². The highest BCUT2D eigenvalue weighted by atomic mass is 32.1. The number of imidazole rings is 1. The Hall–Kier alpha value is -3.27. The Morgan fingerprint density at radius 3 is 2.77 bits per heavy atom. The molecule has 26 heavy (non-hydrogen) atoms. The summed E-state index contributed by atoms with van der Waals surface area (Å²) in [5, 5.41) is 13.4. The molecule has 3 aromatic rings. The third-order valence-corrected chi connectivity index (χ3v) is 4.49. The van der Waals surface area contributed by atoms with E-state index in [9.17, 15) is 14.9 Å². The van der Waals surface area contributed by atoms with Gasteiger partial charge >= 0.3 is 6.09 Å². The zero-order valence-electron chi connectivity index (χ0n) is 13.5. The van der Waals surface area contributed by atoms with Crippen LogP contribution in [0.3, 0.4) is 0 Å². The zero-order chi connectivity index (χ0) is 18.5. The second-order valence-electron chi connectivity index (χ2n) is 5.47.